The van der Waals surface area contributed by atoms with Gasteiger partial charge in [0.1, 0.15) is 6.04 Å². The molecule has 0 aromatic rings. The van der Waals surface area contributed by atoms with E-state index in [1.807, 2.05) is 14.1 Å². The number of hydrogen-bond acceptors (Lipinski definition) is 3. The van der Waals surface area contributed by atoms with Gasteiger partial charge in [0, 0.05) is 0 Å². The molecule has 0 aliphatic carbocycles. The molecule has 0 bridgehead atoms. The van der Waals surface area contributed by atoms with Gasteiger partial charge in [0.25, 0.3) is 0 Å². The second-order valence-electron chi connectivity index (χ2n) is 4.42. The quantitative estimate of drug-likeness (QED) is 0.559. The van der Waals surface area contributed by atoms with Crippen molar-refractivity contribution in [3.8, 4) is 0 Å². The molecule has 0 aliphatic heterocycles. The van der Waals surface area contributed by atoms with Crippen molar-refractivity contribution in [2.24, 2.45) is 0 Å². The van der Waals surface area contributed by atoms with Crippen LogP contribution < -0.4 is 5.32 Å². The summed E-state index contributed by atoms with van der Waals surface area (Å²) in [6, 6.07) is -0.350. The standard InChI is InChI=1S/C12H26N2O2/c1-4-5-6-9-13-10-7-8-11(12(15)16)14(2)3/h11,13H,4-10H2,1-3H3,(H,15,16). The molecule has 2 N–H and O–H groups in total. The molecule has 0 radical (unpaired) electrons. The van der Waals surface area contributed by atoms with Crippen molar-refractivity contribution in [2.75, 3.05) is 27.2 Å². The lowest BCUT2D eigenvalue weighted by molar-refractivity contribution is -0.142. The summed E-state index contributed by atoms with van der Waals surface area (Å²) in [4.78, 5) is 12.6. The van der Waals surface area contributed by atoms with Crippen LogP contribution in [-0.4, -0.2) is 49.2 Å². The Bertz CT molecular complexity index is 184. The SMILES string of the molecule is CCCCCNCCCC(C(=O)O)N(C)C. The highest BCUT2D eigenvalue weighted by Crippen LogP contribution is 2.03. The molecule has 4 nitrogen and oxygen atoms in total. The van der Waals surface area contributed by atoms with Crippen LogP contribution in [0, 0.1) is 0 Å². The van der Waals surface area contributed by atoms with E-state index in [1.165, 1.54) is 19.3 Å². The van der Waals surface area contributed by atoms with Crippen LogP contribution in [-0.2, 0) is 4.79 Å². The number of rotatable bonds is 10. The van der Waals surface area contributed by atoms with E-state index in [-0.39, 0.29) is 6.04 Å². The monoisotopic (exact) mass is 230 g/mol. The van der Waals surface area contributed by atoms with Crippen molar-refractivity contribution in [3.63, 3.8) is 0 Å². The summed E-state index contributed by atoms with van der Waals surface area (Å²) >= 11 is 0. The number of hydrogen-bond donors (Lipinski definition) is 2. The molecule has 0 saturated heterocycles. The second-order valence-corrected chi connectivity index (χ2v) is 4.42. The highest BCUT2D eigenvalue weighted by Gasteiger charge is 2.18. The molecule has 0 aliphatic rings. The van der Waals surface area contributed by atoms with Crippen LogP contribution in [0.25, 0.3) is 0 Å². The lowest BCUT2D eigenvalue weighted by Gasteiger charge is -2.19. The third-order valence-electron chi connectivity index (χ3n) is 2.70. The largest absolute Gasteiger partial charge is 0.480 e. The van der Waals surface area contributed by atoms with Crippen LogP contribution in [0.4, 0.5) is 0 Å². The van der Waals surface area contributed by atoms with Gasteiger partial charge >= 0.3 is 5.97 Å². The van der Waals surface area contributed by atoms with E-state index in [2.05, 4.69) is 12.2 Å². The molecule has 0 spiro atoms. The molecule has 1 unspecified atom stereocenters. The van der Waals surface area contributed by atoms with E-state index >= 15 is 0 Å². The normalized spacial score (nSPS) is 13.0. The molecule has 0 rings (SSSR count). The lowest BCUT2D eigenvalue weighted by Crippen LogP contribution is -2.36. The Labute approximate surface area is 99.0 Å². The van der Waals surface area contributed by atoms with Gasteiger partial charge in [0.15, 0.2) is 0 Å². The summed E-state index contributed by atoms with van der Waals surface area (Å²) in [7, 11) is 3.63. The first kappa shape index (κ1) is 15.4. The first-order chi connectivity index (χ1) is 7.59. The number of unbranched alkanes of at least 4 members (excludes halogenated alkanes) is 2. The fourth-order valence-electron chi connectivity index (χ4n) is 1.65. The fraction of sp³-hybridized carbons (Fsp3) is 0.917. The lowest BCUT2D eigenvalue weighted by atomic mass is 10.1. The summed E-state index contributed by atoms with van der Waals surface area (Å²) in [5.74, 6) is -0.726. The van der Waals surface area contributed by atoms with Crippen LogP contribution in [0.5, 0.6) is 0 Å². The van der Waals surface area contributed by atoms with Crippen molar-refractivity contribution < 1.29 is 9.90 Å². The van der Waals surface area contributed by atoms with Crippen molar-refractivity contribution in [1.82, 2.24) is 10.2 Å². The number of likely N-dealkylation sites (N-methyl/N-ethyl adjacent to an activating group) is 1. The van der Waals surface area contributed by atoms with E-state index in [0.29, 0.717) is 6.42 Å². The Morgan fingerprint density at radius 1 is 1.25 bits per heavy atom. The maximum atomic E-state index is 10.9. The van der Waals surface area contributed by atoms with Crippen LogP contribution >= 0.6 is 0 Å². The molecule has 0 saturated carbocycles. The zero-order valence-electron chi connectivity index (χ0n) is 10.8. The molecular formula is C12H26N2O2. The highest BCUT2D eigenvalue weighted by molar-refractivity contribution is 5.73. The van der Waals surface area contributed by atoms with Gasteiger partial charge in [-0.25, -0.2) is 0 Å². The van der Waals surface area contributed by atoms with Crippen LogP contribution in [0.2, 0.25) is 0 Å². The number of aliphatic carboxylic acids is 1. The van der Waals surface area contributed by atoms with Gasteiger partial charge in [-0.15, -0.1) is 0 Å². The average Bonchev–Trinajstić information content (AvgIpc) is 2.21. The summed E-state index contributed by atoms with van der Waals surface area (Å²) in [5.41, 5.74) is 0. The Balaban J connectivity index is 3.45. The Morgan fingerprint density at radius 3 is 2.38 bits per heavy atom. The van der Waals surface area contributed by atoms with Gasteiger partial charge in [-0.2, -0.15) is 0 Å². The van der Waals surface area contributed by atoms with Crippen molar-refractivity contribution >= 4 is 5.97 Å². The topological polar surface area (TPSA) is 52.6 Å². The first-order valence-corrected chi connectivity index (χ1v) is 6.19. The third kappa shape index (κ3) is 7.65. The maximum absolute atomic E-state index is 10.9. The Kier molecular flexibility index (Phi) is 9.24. The second kappa shape index (κ2) is 9.60. The number of carboxylic acid groups (broad SMARTS) is 1. The van der Waals surface area contributed by atoms with E-state index < -0.39 is 5.97 Å². The minimum Gasteiger partial charge on any atom is -0.480 e. The van der Waals surface area contributed by atoms with E-state index in [0.717, 1.165) is 19.5 Å². The molecule has 4 heteroatoms. The molecule has 0 aromatic carbocycles. The van der Waals surface area contributed by atoms with Crippen LogP contribution in [0.1, 0.15) is 39.0 Å². The molecule has 96 valence electrons. The van der Waals surface area contributed by atoms with Gasteiger partial charge in [0.05, 0.1) is 0 Å². The minimum atomic E-state index is -0.726. The summed E-state index contributed by atoms with van der Waals surface area (Å²) in [6.07, 6.45) is 5.35. The molecule has 0 amide bonds. The molecule has 0 fully saturated rings. The smallest absolute Gasteiger partial charge is 0.320 e. The maximum Gasteiger partial charge on any atom is 0.320 e. The van der Waals surface area contributed by atoms with Crippen LogP contribution in [0.15, 0.2) is 0 Å². The summed E-state index contributed by atoms with van der Waals surface area (Å²) in [5, 5.41) is 12.3. The zero-order chi connectivity index (χ0) is 12.4. The highest BCUT2D eigenvalue weighted by atomic mass is 16.4. The number of carboxylic acids is 1. The summed E-state index contributed by atoms with van der Waals surface area (Å²) in [6.45, 7) is 4.16. The average molecular weight is 230 g/mol. The van der Waals surface area contributed by atoms with Gasteiger partial charge in [-0.1, -0.05) is 19.8 Å². The van der Waals surface area contributed by atoms with Crippen molar-refractivity contribution in [1.29, 1.82) is 0 Å². The Hall–Kier alpha value is -0.610. The van der Waals surface area contributed by atoms with E-state index in [9.17, 15) is 4.79 Å². The van der Waals surface area contributed by atoms with Gasteiger partial charge in [-0.3, -0.25) is 9.69 Å². The van der Waals surface area contributed by atoms with Crippen molar-refractivity contribution in [3.05, 3.63) is 0 Å². The number of nitrogens with zero attached hydrogens (tertiary/aromatic N) is 1. The van der Waals surface area contributed by atoms with Gasteiger partial charge in [-0.05, 0) is 46.4 Å². The fourth-order valence-corrected chi connectivity index (χ4v) is 1.65. The van der Waals surface area contributed by atoms with Gasteiger partial charge in [0.2, 0.25) is 0 Å². The number of nitrogens with one attached hydrogen (secondary N) is 1. The van der Waals surface area contributed by atoms with Crippen LogP contribution in [0.3, 0.4) is 0 Å². The predicted molar refractivity (Wildman–Crippen MR) is 66.7 cm³/mol. The Morgan fingerprint density at radius 2 is 1.88 bits per heavy atom. The van der Waals surface area contributed by atoms with Gasteiger partial charge < -0.3 is 10.4 Å². The molecule has 0 aromatic heterocycles. The predicted octanol–water partition coefficient (Wildman–Crippen LogP) is 1.56. The van der Waals surface area contributed by atoms with E-state index in [4.69, 9.17) is 5.11 Å². The molecular weight excluding hydrogens is 204 g/mol. The summed E-state index contributed by atoms with van der Waals surface area (Å²) < 4.78 is 0. The molecule has 16 heavy (non-hydrogen) atoms. The first-order valence-electron chi connectivity index (χ1n) is 6.19. The third-order valence-corrected chi connectivity index (χ3v) is 2.70. The molecule has 0 heterocycles. The molecule has 1 atom stereocenters. The van der Waals surface area contributed by atoms with Crippen molar-refractivity contribution in [2.45, 2.75) is 45.1 Å². The zero-order valence-corrected chi connectivity index (χ0v) is 10.8. The number of carbonyl (C=O) groups is 1. The van der Waals surface area contributed by atoms with E-state index in [1.54, 1.807) is 4.90 Å². The minimum absolute atomic E-state index is 0.350.